The van der Waals surface area contributed by atoms with Crippen molar-refractivity contribution in [2.45, 2.75) is 6.54 Å². The van der Waals surface area contributed by atoms with E-state index in [0.717, 1.165) is 0 Å². The Labute approximate surface area is 185 Å². The van der Waals surface area contributed by atoms with E-state index in [4.69, 9.17) is 16.3 Å². The van der Waals surface area contributed by atoms with Crippen LogP contribution in [0.1, 0.15) is 10.4 Å². The Morgan fingerprint density at radius 1 is 1.13 bits per heavy atom. The molecule has 2 heterocycles. The van der Waals surface area contributed by atoms with Gasteiger partial charge in [0.2, 0.25) is 5.91 Å². The minimum atomic E-state index is -0.601. The van der Waals surface area contributed by atoms with Gasteiger partial charge in [-0.2, -0.15) is 0 Å². The number of carbonyl (C=O) groups excluding carboxylic acids is 2. The van der Waals surface area contributed by atoms with E-state index >= 15 is 0 Å². The average Bonchev–Trinajstić information content (AvgIpc) is 3.18. The Bertz CT molecular complexity index is 1360. The maximum atomic E-state index is 12.7. The molecule has 0 radical (unpaired) electrons. The van der Waals surface area contributed by atoms with Crippen LogP contribution < -0.4 is 10.9 Å². The maximum Gasteiger partial charge on any atom is 0.341 e. The first kappa shape index (κ1) is 20.8. The van der Waals surface area contributed by atoms with Gasteiger partial charge in [-0.05, 0) is 18.2 Å². The lowest BCUT2D eigenvalue weighted by Crippen LogP contribution is -2.28. The average molecular weight is 454 g/mol. The molecule has 0 aliphatic rings. The number of anilines is 1. The number of benzene rings is 2. The molecule has 0 unspecified atom stereocenters. The van der Waals surface area contributed by atoms with Crippen molar-refractivity contribution in [3.05, 3.63) is 81.2 Å². The molecule has 1 amide bonds. The lowest BCUT2D eigenvalue weighted by Gasteiger charge is -2.10. The van der Waals surface area contributed by atoms with E-state index in [1.807, 2.05) is 0 Å². The summed E-state index contributed by atoms with van der Waals surface area (Å²) < 4.78 is 6.13. The number of hydrogen-bond acceptors (Lipinski definition) is 6. The van der Waals surface area contributed by atoms with Crippen molar-refractivity contribution in [2.24, 2.45) is 0 Å². The van der Waals surface area contributed by atoms with Crippen molar-refractivity contribution >= 4 is 50.7 Å². The summed E-state index contributed by atoms with van der Waals surface area (Å²) in [7, 11) is 1.27. The van der Waals surface area contributed by atoms with Gasteiger partial charge in [-0.15, -0.1) is 11.3 Å². The summed E-state index contributed by atoms with van der Waals surface area (Å²) in [5.41, 5.74) is 1.65. The van der Waals surface area contributed by atoms with E-state index in [0.29, 0.717) is 32.1 Å². The molecule has 31 heavy (non-hydrogen) atoms. The Kier molecular flexibility index (Phi) is 5.83. The number of amides is 1. The number of methoxy groups -OCH3 is 1. The molecule has 0 atom stereocenters. The van der Waals surface area contributed by atoms with Gasteiger partial charge in [0.1, 0.15) is 17.1 Å². The number of carbonyl (C=O) groups is 2. The van der Waals surface area contributed by atoms with Gasteiger partial charge in [0.05, 0.1) is 24.3 Å². The van der Waals surface area contributed by atoms with Crippen molar-refractivity contribution in [3.63, 3.8) is 0 Å². The molecule has 0 aliphatic carbocycles. The topological polar surface area (TPSA) is 90.3 Å². The number of thiophene rings is 1. The third-order valence-electron chi connectivity index (χ3n) is 4.64. The molecule has 0 saturated heterocycles. The van der Waals surface area contributed by atoms with E-state index in [1.54, 1.807) is 53.9 Å². The van der Waals surface area contributed by atoms with Crippen molar-refractivity contribution in [2.75, 3.05) is 12.4 Å². The van der Waals surface area contributed by atoms with Crippen LogP contribution in [0.2, 0.25) is 5.02 Å². The molecule has 2 aromatic carbocycles. The van der Waals surface area contributed by atoms with Gasteiger partial charge < -0.3 is 10.1 Å². The van der Waals surface area contributed by atoms with E-state index in [1.165, 1.54) is 29.3 Å². The number of halogens is 1. The van der Waals surface area contributed by atoms with Gasteiger partial charge in [-0.25, -0.2) is 9.78 Å². The summed E-state index contributed by atoms with van der Waals surface area (Å²) in [5.74, 6) is -1.08. The summed E-state index contributed by atoms with van der Waals surface area (Å²) >= 11 is 7.46. The standard InChI is InChI=1S/C22H16ClN3O4S/c1-30-22(29)19-15(13-6-2-4-8-16(13)23)11-31-20(19)25-18(27)10-26-12-24-17-9-5-3-7-14(17)21(26)28/h2-9,11-12H,10H2,1H3,(H,25,27). The quantitative estimate of drug-likeness (QED) is 0.457. The second-order valence-electron chi connectivity index (χ2n) is 6.57. The number of rotatable bonds is 5. The zero-order valence-corrected chi connectivity index (χ0v) is 17.9. The second kappa shape index (κ2) is 8.71. The monoisotopic (exact) mass is 453 g/mol. The Balaban J connectivity index is 1.65. The zero-order valence-electron chi connectivity index (χ0n) is 16.3. The van der Waals surface area contributed by atoms with Crippen LogP contribution in [-0.2, 0) is 16.1 Å². The number of para-hydroxylation sites is 1. The SMILES string of the molecule is COC(=O)c1c(-c2ccccc2Cl)csc1NC(=O)Cn1cnc2ccccc2c1=O. The van der Waals surface area contributed by atoms with Crippen molar-refractivity contribution in [1.29, 1.82) is 0 Å². The highest BCUT2D eigenvalue weighted by Gasteiger charge is 2.23. The fourth-order valence-corrected chi connectivity index (χ4v) is 4.37. The molecule has 4 aromatic rings. The number of esters is 1. The van der Waals surface area contributed by atoms with Gasteiger partial charge in [-0.3, -0.25) is 14.2 Å². The molecule has 9 heteroatoms. The third-order valence-corrected chi connectivity index (χ3v) is 5.87. The highest BCUT2D eigenvalue weighted by Crippen LogP contribution is 2.39. The first-order valence-corrected chi connectivity index (χ1v) is 10.4. The number of nitrogens with one attached hydrogen (secondary N) is 1. The van der Waals surface area contributed by atoms with Crippen LogP contribution in [0.15, 0.2) is 65.0 Å². The van der Waals surface area contributed by atoms with E-state index in [9.17, 15) is 14.4 Å². The maximum absolute atomic E-state index is 12.7. The molecule has 0 spiro atoms. The number of fused-ring (bicyclic) bond motifs is 1. The van der Waals surface area contributed by atoms with Crippen molar-refractivity contribution in [3.8, 4) is 11.1 Å². The van der Waals surface area contributed by atoms with Crippen LogP contribution in [0.5, 0.6) is 0 Å². The molecule has 156 valence electrons. The van der Waals surface area contributed by atoms with Crippen LogP contribution >= 0.6 is 22.9 Å². The van der Waals surface area contributed by atoms with Gasteiger partial charge >= 0.3 is 5.97 Å². The van der Waals surface area contributed by atoms with Crippen LogP contribution in [0, 0.1) is 0 Å². The zero-order chi connectivity index (χ0) is 22.0. The highest BCUT2D eigenvalue weighted by molar-refractivity contribution is 7.15. The molecule has 4 rings (SSSR count). The first-order chi connectivity index (χ1) is 15.0. The molecular formula is C22H16ClN3O4S. The van der Waals surface area contributed by atoms with E-state index < -0.39 is 11.9 Å². The minimum absolute atomic E-state index is 0.206. The molecule has 0 saturated carbocycles. The largest absolute Gasteiger partial charge is 0.465 e. The summed E-state index contributed by atoms with van der Waals surface area (Å²) in [6, 6.07) is 14.0. The fraction of sp³-hybridized carbons (Fsp3) is 0.0909. The van der Waals surface area contributed by atoms with Crippen molar-refractivity contribution < 1.29 is 14.3 Å². The second-order valence-corrected chi connectivity index (χ2v) is 7.85. The molecule has 2 aromatic heterocycles. The van der Waals surface area contributed by atoms with Crippen LogP contribution in [-0.4, -0.2) is 28.5 Å². The highest BCUT2D eigenvalue weighted by atomic mass is 35.5. The number of ether oxygens (including phenoxy) is 1. The lowest BCUT2D eigenvalue weighted by molar-refractivity contribution is -0.116. The van der Waals surface area contributed by atoms with Gasteiger partial charge in [0.15, 0.2) is 0 Å². The van der Waals surface area contributed by atoms with E-state index in [-0.39, 0.29) is 17.7 Å². The van der Waals surface area contributed by atoms with Crippen molar-refractivity contribution in [1.82, 2.24) is 9.55 Å². The third kappa shape index (κ3) is 4.08. The molecule has 0 bridgehead atoms. The normalized spacial score (nSPS) is 10.8. The lowest BCUT2D eigenvalue weighted by atomic mass is 10.0. The number of aromatic nitrogens is 2. The molecule has 0 fully saturated rings. The van der Waals surface area contributed by atoms with E-state index in [2.05, 4.69) is 10.3 Å². The molecular weight excluding hydrogens is 438 g/mol. The predicted octanol–water partition coefficient (Wildman–Crippen LogP) is 4.20. The first-order valence-electron chi connectivity index (χ1n) is 9.18. The summed E-state index contributed by atoms with van der Waals surface area (Å²) in [6.45, 7) is -0.253. The predicted molar refractivity (Wildman–Crippen MR) is 121 cm³/mol. The Hall–Kier alpha value is -3.49. The van der Waals surface area contributed by atoms with Gasteiger partial charge in [-0.1, -0.05) is 41.9 Å². The molecule has 0 aliphatic heterocycles. The smallest absolute Gasteiger partial charge is 0.341 e. The molecule has 1 N–H and O–H groups in total. The van der Waals surface area contributed by atoms with Crippen LogP contribution in [0.3, 0.4) is 0 Å². The van der Waals surface area contributed by atoms with Crippen LogP contribution in [0.4, 0.5) is 5.00 Å². The van der Waals surface area contributed by atoms with Gasteiger partial charge in [0.25, 0.3) is 5.56 Å². The number of hydrogen-bond donors (Lipinski definition) is 1. The van der Waals surface area contributed by atoms with Crippen LogP contribution in [0.25, 0.3) is 22.0 Å². The Morgan fingerprint density at radius 2 is 1.87 bits per heavy atom. The van der Waals surface area contributed by atoms with Gasteiger partial charge in [0, 0.05) is 21.5 Å². The minimum Gasteiger partial charge on any atom is -0.465 e. The summed E-state index contributed by atoms with van der Waals surface area (Å²) in [5, 5.41) is 5.64. The summed E-state index contributed by atoms with van der Waals surface area (Å²) in [4.78, 5) is 42.0. The fourth-order valence-electron chi connectivity index (χ4n) is 3.17. The number of nitrogens with zero attached hydrogens (tertiary/aromatic N) is 2. The Morgan fingerprint density at radius 3 is 2.65 bits per heavy atom. The summed E-state index contributed by atoms with van der Waals surface area (Å²) in [6.07, 6.45) is 1.33. The molecule has 7 nitrogen and oxygen atoms in total.